The highest BCUT2D eigenvalue weighted by molar-refractivity contribution is 6.31. The molecule has 0 aromatic rings. The second-order valence-electron chi connectivity index (χ2n) is 2.28. The SMILES string of the molecule is C=NNC(=C(C)C)/C(Cl)=C\C.CC. The van der Waals surface area contributed by atoms with E-state index in [1.165, 1.54) is 0 Å². The summed E-state index contributed by atoms with van der Waals surface area (Å²) in [5.74, 6) is 0. The van der Waals surface area contributed by atoms with Crippen molar-refractivity contribution >= 4 is 18.3 Å². The zero-order chi connectivity index (χ0) is 10.9. The molecule has 0 aliphatic rings. The summed E-state index contributed by atoms with van der Waals surface area (Å²) in [6, 6.07) is 0. The lowest BCUT2D eigenvalue weighted by atomic mass is 10.2. The molecule has 0 heterocycles. The number of nitrogens with one attached hydrogen (secondary N) is 1. The summed E-state index contributed by atoms with van der Waals surface area (Å²) in [7, 11) is 0. The molecule has 1 N–H and O–H groups in total. The van der Waals surface area contributed by atoms with E-state index in [1.807, 2.05) is 40.7 Å². The van der Waals surface area contributed by atoms with Gasteiger partial charge in [0.25, 0.3) is 0 Å². The van der Waals surface area contributed by atoms with Gasteiger partial charge in [-0.15, -0.1) is 0 Å². The van der Waals surface area contributed by atoms with Gasteiger partial charge in [0.15, 0.2) is 0 Å². The highest BCUT2D eigenvalue weighted by Crippen LogP contribution is 2.15. The van der Waals surface area contributed by atoms with Gasteiger partial charge in [-0.1, -0.05) is 31.5 Å². The van der Waals surface area contributed by atoms with E-state index in [0.717, 1.165) is 11.3 Å². The van der Waals surface area contributed by atoms with E-state index in [0.29, 0.717) is 5.03 Å². The molecular weight excluding hydrogens is 184 g/mol. The van der Waals surface area contributed by atoms with Crippen LogP contribution in [0.5, 0.6) is 0 Å². The van der Waals surface area contributed by atoms with Crippen molar-refractivity contribution in [3.05, 3.63) is 22.4 Å². The lowest BCUT2D eigenvalue weighted by Crippen LogP contribution is -2.06. The third kappa shape index (κ3) is 6.41. The van der Waals surface area contributed by atoms with Gasteiger partial charge in [0, 0.05) is 6.72 Å². The molecule has 0 atom stereocenters. The van der Waals surface area contributed by atoms with E-state index in [-0.39, 0.29) is 0 Å². The molecule has 76 valence electrons. The van der Waals surface area contributed by atoms with Gasteiger partial charge in [-0.3, -0.25) is 5.43 Å². The van der Waals surface area contributed by atoms with Crippen LogP contribution in [-0.4, -0.2) is 6.72 Å². The predicted octanol–water partition coefficient (Wildman–Crippen LogP) is 3.65. The van der Waals surface area contributed by atoms with Gasteiger partial charge >= 0.3 is 0 Å². The van der Waals surface area contributed by atoms with Crippen LogP contribution in [0.15, 0.2) is 27.5 Å². The molecule has 0 spiro atoms. The number of halogens is 1. The van der Waals surface area contributed by atoms with Crippen molar-refractivity contribution in [1.29, 1.82) is 0 Å². The molecule has 2 nitrogen and oxygen atoms in total. The van der Waals surface area contributed by atoms with Crippen molar-refractivity contribution in [2.24, 2.45) is 5.10 Å². The fraction of sp³-hybridized carbons (Fsp3) is 0.500. The topological polar surface area (TPSA) is 24.4 Å². The van der Waals surface area contributed by atoms with E-state index in [9.17, 15) is 0 Å². The monoisotopic (exact) mass is 202 g/mol. The van der Waals surface area contributed by atoms with E-state index in [1.54, 1.807) is 0 Å². The minimum Gasteiger partial charge on any atom is -0.278 e. The van der Waals surface area contributed by atoms with E-state index in [4.69, 9.17) is 11.6 Å². The molecule has 0 saturated heterocycles. The number of hydrogen-bond acceptors (Lipinski definition) is 2. The van der Waals surface area contributed by atoms with Crippen LogP contribution in [0.3, 0.4) is 0 Å². The number of rotatable bonds is 3. The van der Waals surface area contributed by atoms with Crippen molar-refractivity contribution in [2.75, 3.05) is 0 Å². The molecule has 0 bridgehead atoms. The average molecular weight is 203 g/mol. The largest absolute Gasteiger partial charge is 0.278 e. The first kappa shape index (κ1) is 14.7. The van der Waals surface area contributed by atoms with Gasteiger partial charge in [0.05, 0.1) is 10.7 Å². The van der Waals surface area contributed by atoms with Gasteiger partial charge in [0.2, 0.25) is 0 Å². The second kappa shape index (κ2) is 9.33. The normalized spacial score (nSPS) is 9.54. The van der Waals surface area contributed by atoms with Crippen LogP contribution in [0.4, 0.5) is 0 Å². The van der Waals surface area contributed by atoms with Crippen molar-refractivity contribution < 1.29 is 0 Å². The first-order valence-corrected chi connectivity index (χ1v) is 4.72. The van der Waals surface area contributed by atoms with Crippen LogP contribution in [0, 0.1) is 0 Å². The predicted molar refractivity (Wildman–Crippen MR) is 62.0 cm³/mol. The van der Waals surface area contributed by atoms with Gasteiger partial charge in [-0.25, -0.2) is 0 Å². The molecule has 0 aromatic heterocycles. The molecule has 0 aromatic carbocycles. The van der Waals surface area contributed by atoms with Crippen LogP contribution in [0.2, 0.25) is 0 Å². The molecule has 0 radical (unpaired) electrons. The fourth-order valence-corrected chi connectivity index (χ4v) is 0.859. The minimum absolute atomic E-state index is 0.664. The summed E-state index contributed by atoms with van der Waals surface area (Å²) in [5.41, 5.74) is 4.63. The number of allylic oxidation sites excluding steroid dienone is 3. The Morgan fingerprint density at radius 1 is 1.38 bits per heavy atom. The van der Waals surface area contributed by atoms with Gasteiger partial charge < -0.3 is 0 Å². The summed E-state index contributed by atoms with van der Waals surface area (Å²) in [6.07, 6.45) is 1.81. The van der Waals surface area contributed by atoms with Crippen LogP contribution >= 0.6 is 11.6 Å². The van der Waals surface area contributed by atoms with Crippen molar-refractivity contribution in [1.82, 2.24) is 5.43 Å². The smallest absolute Gasteiger partial charge is 0.0730 e. The first-order chi connectivity index (χ1) is 6.13. The third-order valence-electron chi connectivity index (χ3n) is 1.18. The Kier molecular flexibility index (Phi) is 10.6. The van der Waals surface area contributed by atoms with Crippen molar-refractivity contribution in [3.8, 4) is 0 Å². The maximum atomic E-state index is 5.86. The first-order valence-electron chi connectivity index (χ1n) is 4.34. The van der Waals surface area contributed by atoms with Crippen molar-refractivity contribution in [2.45, 2.75) is 34.6 Å². The molecule has 0 saturated carbocycles. The van der Waals surface area contributed by atoms with Gasteiger partial charge in [-0.2, -0.15) is 5.10 Å². The molecule has 0 aliphatic heterocycles. The standard InChI is InChI=1S/C8H13ClN2.C2H6/c1-5-7(9)8(6(2)3)11-10-4;1-2/h5,11H,4H2,1-3H3;1-2H3/b7-5+;. The fourth-order valence-electron chi connectivity index (χ4n) is 0.627. The Morgan fingerprint density at radius 3 is 2.08 bits per heavy atom. The molecule has 0 amide bonds. The Balaban J connectivity index is 0. The number of nitrogens with zero attached hydrogens (tertiary/aromatic N) is 1. The minimum atomic E-state index is 0.664. The second-order valence-corrected chi connectivity index (χ2v) is 2.69. The Labute approximate surface area is 86.4 Å². The highest BCUT2D eigenvalue weighted by Gasteiger charge is 2.00. The Bertz CT molecular complexity index is 201. The zero-order valence-electron chi connectivity index (χ0n) is 9.11. The number of hydrazone groups is 1. The molecule has 3 heteroatoms. The Hall–Kier alpha value is -0.760. The summed E-state index contributed by atoms with van der Waals surface area (Å²) in [6.45, 7) is 13.1. The average Bonchev–Trinajstić information content (AvgIpc) is 2.15. The summed E-state index contributed by atoms with van der Waals surface area (Å²) < 4.78 is 0. The Morgan fingerprint density at radius 2 is 1.85 bits per heavy atom. The van der Waals surface area contributed by atoms with E-state index in [2.05, 4.69) is 17.2 Å². The maximum absolute atomic E-state index is 5.86. The lowest BCUT2D eigenvalue weighted by Gasteiger charge is -2.06. The summed E-state index contributed by atoms with van der Waals surface area (Å²) in [4.78, 5) is 0. The van der Waals surface area contributed by atoms with E-state index >= 15 is 0 Å². The molecule has 0 aliphatic carbocycles. The quantitative estimate of drug-likeness (QED) is 0.422. The van der Waals surface area contributed by atoms with Crippen molar-refractivity contribution in [3.63, 3.8) is 0 Å². The number of hydrogen-bond donors (Lipinski definition) is 1. The van der Waals surface area contributed by atoms with Crippen LogP contribution < -0.4 is 5.43 Å². The summed E-state index contributed by atoms with van der Waals surface area (Å²) >= 11 is 5.86. The molecule has 13 heavy (non-hydrogen) atoms. The summed E-state index contributed by atoms with van der Waals surface area (Å²) in [5, 5.41) is 4.21. The van der Waals surface area contributed by atoms with Crippen LogP contribution in [0.25, 0.3) is 0 Å². The third-order valence-corrected chi connectivity index (χ3v) is 1.59. The lowest BCUT2D eigenvalue weighted by molar-refractivity contribution is 0.901. The van der Waals surface area contributed by atoms with Crippen LogP contribution in [0.1, 0.15) is 34.6 Å². The van der Waals surface area contributed by atoms with E-state index < -0.39 is 0 Å². The van der Waals surface area contributed by atoms with Crippen LogP contribution in [-0.2, 0) is 0 Å². The van der Waals surface area contributed by atoms with Gasteiger partial charge in [0.1, 0.15) is 0 Å². The maximum Gasteiger partial charge on any atom is 0.0730 e. The molecule has 0 rings (SSSR count). The highest BCUT2D eigenvalue weighted by atomic mass is 35.5. The van der Waals surface area contributed by atoms with Gasteiger partial charge in [-0.05, 0) is 26.3 Å². The zero-order valence-corrected chi connectivity index (χ0v) is 9.87. The molecular formula is C10H19ClN2. The molecule has 0 unspecified atom stereocenters. The molecule has 0 fully saturated rings.